The summed E-state index contributed by atoms with van der Waals surface area (Å²) in [5.74, 6) is -0.138. The van der Waals surface area contributed by atoms with Crippen LogP contribution in [0.5, 0.6) is 0 Å². The maximum Gasteiger partial charge on any atom is 0.421 e. The molecule has 8 heteroatoms. The zero-order chi connectivity index (χ0) is 18.6. The molecule has 5 nitrogen and oxygen atoms in total. The molecule has 0 bridgehead atoms. The summed E-state index contributed by atoms with van der Waals surface area (Å²) in [4.78, 5) is 26.2. The van der Waals surface area contributed by atoms with Crippen molar-refractivity contribution in [1.29, 1.82) is 0 Å². The summed E-state index contributed by atoms with van der Waals surface area (Å²) in [5.41, 5.74) is -2.46. The highest BCUT2D eigenvalue weighted by Gasteiger charge is 2.34. The maximum absolute atomic E-state index is 12.7. The fourth-order valence-corrected chi connectivity index (χ4v) is 3.08. The van der Waals surface area contributed by atoms with Crippen LogP contribution >= 0.6 is 0 Å². The van der Waals surface area contributed by atoms with Gasteiger partial charge in [0.1, 0.15) is 12.1 Å². The van der Waals surface area contributed by atoms with Gasteiger partial charge in [-0.3, -0.25) is 9.59 Å². The van der Waals surface area contributed by atoms with E-state index in [9.17, 15) is 22.8 Å². The van der Waals surface area contributed by atoms with Crippen molar-refractivity contribution in [1.82, 2.24) is 14.8 Å². The summed E-state index contributed by atoms with van der Waals surface area (Å²) >= 11 is 0. The van der Waals surface area contributed by atoms with Gasteiger partial charge in [-0.1, -0.05) is 0 Å². The summed E-state index contributed by atoms with van der Waals surface area (Å²) < 4.78 is 39.0. The number of hydrogen-bond acceptors (Lipinski definition) is 3. The number of aromatic nitrogens is 1. The predicted octanol–water partition coefficient (Wildman–Crippen LogP) is 2.10. The van der Waals surface area contributed by atoms with Gasteiger partial charge in [0.25, 0.3) is 5.56 Å². The van der Waals surface area contributed by atoms with Crippen molar-refractivity contribution in [3.63, 3.8) is 0 Å². The van der Waals surface area contributed by atoms with Crippen molar-refractivity contribution in [3.8, 4) is 0 Å². The summed E-state index contributed by atoms with van der Waals surface area (Å²) in [6.45, 7) is 6.24. The van der Waals surface area contributed by atoms with E-state index in [0.29, 0.717) is 18.5 Å². The molecule has 1 unspecified atom stereocenters. The Morgan fingerprint density at radius 2 is 2.12 bits per heavy atom. The standard InChI is InChI=1S/C17H24F3N3O2/c1-12(2)22-7-3-5-13(10-22)9-21-15(24)11-23-8-4-6-14(16(23)25)17(18,19)20/h4,6,8,12-13H,3,5,7,9-11H2,1-2H3,(H,21,24). The number of amides is 1. The van der Waals surface area contributed by atoms with E-state index in [2.05, 4.69) is 24.1 Å². The first-order valence-corrected chi connectivity index (χ1v) is 8.46. The molecule has 140 valence electrons. The first kappa shape index (κ1) is 19.5. The first-order chi connectivity index (χ1) is 11.7. The molecule has 0 aliphatic carbocycles. The number of alkyl halides is 3. The molecule has 0 spiro atoms. The van der Waals surface area contributed by atoms with Crippen molar-refractivity contribution < 1.29 is 18.0 Å². The van der Waals surface area contributed by atoms with Crippen LogP contribution in [0.15, 0.2) is 23.1 Å². The van der Waals surface area contributed by atoms with Gasteiger partial charge in [0.05, 0.1) is 0 Å². The number of likely N-dealkylation sites (tertiary alicyclic amines) is 1. The molecular weight excluding hydrogens is 335 g/mol. The molecule has 2 heterocycles. The number of nitrogens with one attached hydrogen (secondary N) is 1. The van der Waals surface area contributed by atoms with Gasteiger partial charge in [-0.25, -0.2) is 0 Å². The van der Waals surface area contributed by atoms with E-state index in [1.165, 1.54) is 6.20 Å². The van der Waals surface area contributed by atoms with Crippen LogP contribution in [-0.2, 0) is 17.5 Å². The van der Waals surface area contributed by atoms with Gasteiger partial charge in [0, 0.05) is 25.3 Å². The second-order valence-corrected chi connectivity index (χ2v) is 6.75. The van der Waals surface area contributed by atoms with Crippen LogP contribution in [0.25, 0.3) is 0 Å². The predicted molar refractivity (Wildman–Crippen MR) is 88.1 cm³/mol. The van der Waals surface area contributed by atoms with Crippen LogP contribution in [0.2, 0.25) is 0 Å². The lowest BCUT2D eigenvalue weighted by atomic mass is 9.97. The largest absolute Gasteiger partial charge is 0.421 e. The molecule has 0 aromatic carbocycles. The quantitative estimate of drug-likeness (QED) is 0.876. The molecule has 2 rings (SSSR count). The molecule has 1 fully saturated rings. The van der Waals surface area contributed by atoms with E-state index in [0.717, 1.165) is 42.6 Å². The van der Waals surface area contributed by atoms with Gasteiger partial charge in [-0.15, -0.1) is 0 Å². The number of carbonyl (C=O) groups excluding carboxylic acids is 1. The molecular formula is C17H24F3N3O2. The van der Waals surface area contributed by atoms with Gasteiger partial charge >= 0.3 is 6.18 Å². The second kappa shape index (κ2) is 8.03. The minimum absolute atomic E-state index is 0.318. The number of nitrogens with zero attached hydrogens (tertiary/aromatic N) is 2. The van der Waals surface area contributed by atoms with Crippen molar-refractivity contribution in [2.45, 2.75) is 45.5 Å². The average Bonchev–Trinajstić information content (AvgIpc) is 2.54. The number of piperidine rings is 1. The third-order valence-corrected chi connectivity index (χ3v) is 4.51. The minimum Gasteiger partial charge on any atom is -0.354 e. The van der Waals surface area contributed by atoms with E-state index in [1.807, 2.05) is 0 Å². The third kappa shape index (κ3) is 5.32. The van der Waals surface area contributed by atoms with Gasteiger partial charge in [-0.05, 0) is 51.3 Å². The molecule has 1 saturated heterocycles. The smallest absolute Gasteiger partial charge is 0.354 e. The maximum atomic E-state index is 12.7. The van der Waals surface area contributed by atoms with Gasteiger partial charge < -0.3 is 14.8 Å². The normalized spacial score (nSPS) is 19.2. The highest BCUT2D eigenvalue weighted by Crippen LogP contribution is 2.25. The van der Waals surface area contributed by atoms with E-state index in [1.54, 1.807) is 0 Å². The number of halogens is 3. The Balaban J connectivity index is 1.92. The SMILES string of the molecule is CC(C)N1CCCC(CNC(=O)Cn2cccc(C(F)(F)F)c2=O)C1. The van der Waals surface area contributed by atoms with Gasteiger partial charge in [0.2, 0.25) is 5.91 Å². The van der Waals surface area contributed by atoms with Crippen LogP contribution in [0.4, 0.5) is 13.2 Å². The highest BCUT2D eigenvalue weighted by molar-refractivity contribution is 5.75. The topological polar surface area (TPSA) is 54.3 Å². The number of pyridine rings is 1. The molecule has 25 heavy (non-hydrogen) atoms. The third-order valence-electron chi connectivity index (χ3n) is 4.51. The average molecular weight is 359 g/mol. The minimum atomic E-state index is -4.72. The fourth-order valence-electron chi connectivity index (χ4n) is 3.08. The Bertz CT molecular complexity index is 655. The number of carbonyl (C=O) groups is 1. The lowest BCUT2D eigenvalue weighted by Gasteiger charge is -2.35. The highest BCUT2D eigenvalue weighted by atomic mass is 19.4. The van der Waals surface area contributed by atoms with Crippen LogP contribution in [0.1, 0.15) is 32.3 Å². The Kier molecular flexibility index (Phi) is 6.26. The number of hydrogen-bond donors (Lipinski definition) is 1. The summed E-state index contributed by atoms with van der Waals surface area (Å²) in [6, 6.07) is 2.29. The van der Waals surface area contributed by atoms with Crippen molar-refractivity contribution in [2.75, 3.05) is 19.6 Å². The molecule has 1 aromatic rings. The molecule has 1 atom stereocenters. The second-order valence-electron chi connectivity index (χ2n) is 6.75. The van der Waals surface area contributed by atoms with Gasteiger partial charge in [-0.2, -0.15) is 13.2 Å². The molecule has 1 aliphatic heterocycles. The van der Waals surface area contributed by atoms with Crippen molar-refractivity contribution in [3.05, 3.63) is 34.2 Å². The lowest BCUT2D eigenvalue weighted by molar-refractivity contribution is -0.139. The van der Waals surface area contributed by atoms with E-state index in [4.69, 9.17) is 0 Å². The van der Waals surface area contributed by atoms with Crippen molar-refractivity contribution in [2.24, 2.45) is 5.92 Å². The Morgan fingerprint density at radius 1 is 1.40 bits per heavy atom. The van der Waals surface area contributed by atoms with Crippen molar-refractivity contribution >= 4 is 5.91 Å². The van der Waals surface area contributed by atoms with E-state index >= 15 is 0 Å². The van der Waals surface area contributed by atoms with E-state index < -0.39 is 29.8 Å². The zero-order valence-electron chi connectivity index (χ0n) is 14.5. The van der Waals surface area contributed by atoms with Crippen LogP contribution in [0.3, 0.4) is 0 Å². The summed E-state index contributed by atoms with van der Waals surface area (Å²) in [7, 11) is 0. The molecule has 0 saturated carbocycles. The number of rotatable bonds is 5. The van der Waals surface area contributed by atoms with Crippen LogP contribution in [-0.4, -0.2) is 41.1 Å². The lowest BCUT2D eigenvalue weighted by Crippen LogP contribution is -2.44. The first-order valence-electron chi connectivity index (χ1n) is 8.46. The van der Waals surface area contributed by atoms with E-state index in [-0.39, 0.29) is 0 Å². The zero-order valence-corrected chi connectivity index (χ0v) is 14.5. The Labute approximate surface area is 144 Å². The monoisotopic (exact) mass is 359 g/mol. The van der Waals surface area contributed by atoms with Gasteiger partial charge in [0.15, 0.2) is 0 Å². The molecule has 0 radical (unpaired) electrons. The van der Waals surface area contributed by atoms with Crippen LogP contribution in [0, 0.1) is 5.92 Å². The summed E-state index contributed by atoms with van der Waals surface area (Å²) in [5, 5.41) is 2.74. The molecule has 1 aromatic heterocycles. The Hall–Kier alpha value is -1.83. The molecule has 1 amide bonds. The molecule has 1 aliphatic rings. The van der Waals surface area contributed by atoms with Crippen LogP contribution < -0.4 is 10.9 Å². The fraction of sp³-hybridized carbons (Fsp3) is 0.647. The Morgan fingerprint density at radius 3 is 2.76 bits per heavy atom. The molecule has 1 N–H and O–H groups in total. The summed E-state index contributed by atoms with van der Waals surface area (Å²) in [6.07, 6.45) is -1.46.